The van der Waals surface area contributed by atoms with Gasteiger partial charge in [-0.2, -0.15) is 0 Å². The molecule has 1 N–H and O–H groups in total. The van der Waals surface area contributed by atoms with Gasteiger partial charge in [0, 0.05) is 13.1 Å². The zero-order chi connectivity index (χ0) is 9.97. The van der Waals surface area contributed by atoms with Crippen LogP contribution in [0.15, 0.2) is 0 Å². The van der Waals surface area contributed by atoms with Crippen LogP contribution < -0.4 is 0 Å². The second-order valence-electron chi connectivity index (χ2n) is 3.84. The van der Waals surface area contributed by atoms with Crippen LogP contribution in [0.1, 0.15) is 19.3 Å². The molecule has 2 rings (SSSR count). The highest BCUT2D eigenvalue weighted by molar-refractivity contribution is 5.73. The molecule has 2 aliphatic heterocycles. The fraction of sp³-hybridized carbons (Fsp3) is 0.889. The van der Waals surface area contributed by atoms with Crippen molar-refractivity contribution in [2.24, 2.45) is 0 Å². The summed E-state index contributed by atoms with van der Waals surface area (Å²) in [7, 11) is 0. The van der Waals surface area contributed by atoms with Crippen molar-refractivity contribution in [2.75, 3.05) is 26.2 Å². The number of urea groups is 1. The van der Waals surface area contributed by atoms with Gasteiger partial charge in [-0.3, -0.25) is 4.84 Å². The maximum atomic E-state index is 11.8. The van der Waals surface area contributed by atoms with E-state index in [1.165, 1.54) is 11.5 Å². The van der Waals surface area contributed by atoms with Crippen molar-refractivity contribution in [2.45, 2.75) is 25.4 Å². The molecular weight excluding hydrogens is 184 g/mol. The molecule has 0 unspecified atom stereocenters. The Morgan fingerprint density at radius 1 is 1.29 bits per heavy atom. The van der Waals surface area contributed by atoms with E-state index in [4.69, 9.17) is 4.84 Å². The third kappa shape index (κ3) is 1.99. The molecule has 0 aliphatic carbocycles. The largest absolute Gasteiger partial charge is 0.389 e. The van der Waals surface area contributed by atoms with Crippen LogP contribution in [-0.4, -0.2) is 53.4 Å². The number of carbonyl (C=O) groups is 1. The summed E-state index contributed by atoms with van der Waals surface area (Å²) in [6.07, 6.45) is 2.82. The molecule has 0 saturated carbocycles. The molecule has 0 spiro atoms. The predicted molar refractivity (Wildman–Crippen MR) is 49.5 cm³/mol. The Balaban J connectivity index is 1.87. The van der Waals surface area contributed by atoms with Gasteiger partial charge in [0.05, 0.1) is 6.54 Å². The predicted octanol–water partition coefficient (Wildman–Crippen LogP) is 0.200. The SMILES string of the molecule is O=C(N1CCCCC1)N1C[C@H](O)CO1. The number of hydrogen-bond acceptors (Lipinski definition) is 3. The lowest BCUT2D eigenvalue weighted by Gasteiger charge is -2.29. The standard InChI is InChI=1S/C9H16N2O3/c12-8-6-11(14-7-8)9(13)10-4-2-1-3-5-10/h8,12H,1-7H2/t8-/m0/s1. The van der Waals surface area contributed by atoms with E-state index in [9.17, 15) is 9.90 Å². The molecule has 80 valence electrons. The summed E-state index contributed by atoms with van der Waals surface area (Å²) < 4.78 is 0. The lowest BCUT2D eigenvalue weighted by molar-refractivity contribution is -0.0793. The smallest absolute Gasteiger partial charge is 0.344 e. The zero-order valence-electron chi connectivity index (χ0n) is 8.19. The Morgan fingerprint density at radius 3 is 2.57 bits per heavy atom. The lowest BCUT2D eigenvalue weighted by Crippen LogP contribution is -2.44. The van der Waals surface area contributed by atoms with Crippen LogP contribution in [0, 0.1) is 0 Å². The van der Waals surface area contributed by atoms with Gasteiger partial charge in [0.2, 0.25) is 0 Å². The van der Waals surface area contributed by atoms with Gasteiger partial charge in [0.1, 0.15) is 12.7 Å². The van der Waals surface area contributed by atoms with Gasteiger partial charge >= 0.3 is 6.03 Å². The van der Waals surface area contributed by atoms with Gasteiger partial charge in [-0.25, -0.2) is 9.86 Å². The van der Waals surface area contributed by atoms with E-state index in [1.807, 2.05) is 0 Å². The number of piperidine rings is 1. The first-order chi connectivity index (χ1) is 6.77. The van der Waals surface area contributed by atoms with Crippen LogP contribution in [0.2, 0.25) is 0 Å². The number of nitrogens with zero attached hydrogens (tertiary/aromatic N) is 2. The molecule has 5 heteroatoms. The van der Waals surface area contributed by atoms with E-state index in [1.54, 1.807) is 4.90 Å². The number of amides is 2. The number of β-amino-alcohol motifs (C(OH)–C–C–N with tert-alkyl or cyclic N) is 1. The van der Waals surface area contributed by atoms with Gasteiger partial charge in [0.15, 0.2) is 0 Å². The molecule has 0 aromatic rings. The third-order valence-electron chi connectivity index (χ3n) is 2.64. The van der Waals surface area contributed by atoms with Gasteiger partial charge < -0.3 is 10.0 Å². The fourth-order valence-electron chi connectivity index (χ4n) is 1.85. The Kier molecular flexibility index (Phi) is 2.88. The highest BCUT2D eigenvalue weighted by Gasteiger charge is 2.30. The number of carbonyl (C=O) groups excluding carboxylic acids is 1. The first kappa shape index (κ1) is 9.73. The van der Waals surface area contributed by atoms with E-state index < -0.39 is 6.10 Å². The normalized spacial score (nSPS) is 28.2. The maximum absolute atomic E-state index is 11.8. The molecule has 1 atom stereocenters. The lowest BCUT2D eigenvalue weighted by atomic mass is 10.1. The van der Waals surface area contributed by atoms with Crippen LogP contribution in [-0.2, 0) is 4.84 Å². The van der Waals surface area contributed by atoms with Gasteiger partial charge in [0.25, 0.3) is 0 Å². The van der Waals surface area contributed by atoms with Crippen molar-refractivity contribution in [3.8, 4) is 0 Å². The number of rotatable bonds is 0. The number of hydrogen-bond donors (Lipinski definition) is 1. The highest BCUT2D eigenvalue weighted by atomic mass is 16.7. The molecule has 0 radical (unpaired) electrons. The van der Waals surface area contributed by atoms with Crippen molar-refractivity contribution in [1.82, 2.24) is 9.96 Å². The van der Waals surface area contributed by atoms with Crippen molar-refractivity contribution < 1.29 is 14.7 Å². The number of hydroxylamine groups is 2. The average Bonchev–Trinajstić information content (AvgIpc) is 2.65. The molecule has 5 nitrogen and oxygen atoms in total. The van der Waals surface area contributed by atoms with E-state index in [0.29, 0.717) is 6.54 Å². The van der Waals surface area contributed by atoms with Gasteiger partial charge in [-0.1, -0.05) is 0 Å². The van der Waals surface area contributed by atoms with E-state index in [2.05, 4.69) is 0 Å². The molecule has 0 bridgehead atoms. The summed E-state index contributed by atoms with van der Waals surface area (Å²) in [6.45, 7) is 2.17. The van der Waals surface area contributed by atoms with Crippen molar-refractivity contribution in [3.63, 3.8) is 0 Å². The van der Waals surface area contributed by atoms with Gasteiger partial charge in [-0.05, 0) is 19.3 Å². The van der Waals surface area contributed by atoms with Crippen molar-refractivity contribution in [1.29, 1.82) is 0 Å². The number of aliphatic hydroxyl groups excluding tert-OH is 1. The monoisotopic (exact) mass is 200 g/mol. The van der Waals surface area contributed by atoms with Gasteiger partial charge in [-0.15, -0.1) is 0 Å². The minimum absolute atomic E-state index is 0.0961. The Labute approximate surface area is 83.2 Å². The maximum Gasteiger partial charge on any atom is 0.344 e. The minimum atomic E-state index is -0.524. The fourth-order valence-corrected chi connectivity index (χ4v) is 1.85. The van der Waals surface area contributed by atoms with Crippen LogP contribution in [0.25, 0.3) is 0 Å². The summed E-state index contributed by atoms with van der Waals surface area (Å²) >= 11 is 0. The van der Waals surface area contributed by atoms with Crippen LogP contribution >= 0.6 is 0 Å². The molecular formula is C9H16N2O3. The second kappa shape index (κ2) is 4.14. The molecule has 2 aliphatic rings. The summed E-state index contributed by atoms with van der Waals surface area (Å²) in [6, 6.07) is -0.0961. The first-order valence-corrected chi connectivity index (χ1v) is 5.15. The molecule has 2 saturated heterocycles. The molecule has 14 heavy (non-hydrogen) atoms. The highest BCUT2D eigenvalue weighted by Crippen LogP contribution is 2.14. The van der Waals surface area contributed by atoms with Crippen LogP contribution in [0.4, 0.5) is 4.79 Å². The van der Waals surface area contributed by atoms with E-state index in [0.717, 1.165) is 25.9 Å². The number of aliphatic hydroxyl groups is 1. The van der Waals surface area contributed by atoms with E-state index in [-0.39, 0.29) is 12.6 Å². The summed E-state index contributed by atoms with van der Waals surface area (Å²) in [4.78, 5) is 18.6. The summed E-state index contributed by atoms with van der Waals surface area (Å²) in [5, 5.41) is 10.5. The third-order valence-corrected chi connectivity index (χ3v) is 2.64. The molecule has 2 heterocycles. The van der Waals surface area contributed by atoms with Crippen molar-refractivity contribution in [3.05, 3.63) is 0 Å². The average molecular weight is 200 g/mol. The molecule has 0 aromatic carbocycles. The molecule has 2 fully saturated rings. The molecule has 0 aromatic heterocycles. The summed E-state index contributed by atoms with van der Waals surface area (Å²) in [5.74, 6) is 0. The Hall–Kier alpha value is -0.810. The zero-order valence-corrected chi connectivity index (χ0v) is 8.19. The topological polar surface area (TPSA) is 53.0 Å². The Bertz CT molecular complexity index is 209. The quantitative estimate of drug-likeness (QED) is 0.607. The van der Waals surface area contributed by atoms with Crippen molar-refractivity contribution >= 4 is 6.03 Å². The molecule has 2 amide bonds. The van der Waals surface area contributed by atoms with Crippen LogP contribution in [0.5, 0.6) is 0 Å². The Morgan fingerprint density at radius 2 is 2.00 bits per heavy atom. The first-order valence-electron chi connectivity index (χ1n) is 5.15. The number of likely N-dealkylation sites (tertiary alicyclic amines) is 1. The van der Waals surface area contributed by atoms with Crippen LogP contribution in [0.3, 0.4) is 0 Å². The van der Waals surface area contributed by atoms with E-state index >= 15 is 0 Å². The second-order valence-corrected chi connectivity index (χ2v) is 3.84. The summed E-state index contributed by atoms with van der Waals surface area (Å²) in [5.41, 5.74) is 0. The minimum Gasteiger partial charge on any atom is -0.389 e.